The Bertz CT molecular complexity index is 474. The van der Waals surface area contributed by atoms with Crippen molar-refractivity contribution in [2.45, 2.75) is 19.3 Å². The van der Waals surface area contributed by atoms with Crippen LogP contribution in [0.2, 0.25) is 0 Å². The maximum atomic E-state index is 3.39. The third kappa shape index (κ3) is 1.02. The molecule has 0 bridgehead atoms. The van der Waals surface area contributed by atoms with Gasteiger partial charge >= 0.3 is 0 Å². The summed E-state index contributed by atoms with van der Waals surface area (Å²) in [7, 11) is 0. The van der Waals surface area contributed by atoms with Gasteiger partial charge in [-0.3, -0.25) is 0 Å². The van der Waals surface area contributed by atoms with Gasteiger partial charge in [0.2, 0.25) is 0 Å². The van der Waals surface area contributed by atoms with Gasteiger partial charge < -0.3 is 0 Å². The Morgan fingerprint density at radius 3 is 2.53 bits per heavy atom. The molecule has 1 aliphatic rings. The van der Waals surface area contributed by atoms with E-state index in [2.05, 4.69) is 56.3 Å². The summed E-state index contributed by atoms with van der Waals surface area (Å²) in [5.41, 5.74) is 5.56. The summed E-state index contributed by atoms with van der Waals surface area (Å²) in [5, 5.41) is 0. The van der Waals surface area contributed by atoms with Crippen LogP contribution in [0.3, 0.4) is 0 Å². The number of hydrogen-bond acceptors (Lipinski definition) is 0. The van der Waals surface area contributed by atoms with Crippen molar-refractivity contribution in [3.05, 3.63) is 59.7 Å². The van der Waals surface area contributed by atoms with E-state index in [0.717, 1.165) is 0 Å². The van der Waals surface area contributed by atoms with Gasteiger partial charge in [0.1, 0.15) is 0 Å². The monoisotopic (exact) mass is 193 g/mol. The van der Waals surface area contributed by atoms with Gasteiger partial charge in [0, 0.05) is 5.41 Å². The predicted molar refractivity (Wildman–Crippen MR) is 62.8 cm³/mol. The molecule has 0 atom stereocenters. The molecule has 0 aliphatic heterocycles. The second kappa shape index (κ2) is 2.73. The molecule has 0 nitrogen and oxygen atoms in total. The summed E-state index contributed by atoms with van der Waals surface area (Å²) >= 11 is 0. The lowest BCUT2D eigenvalue weighted by Gasteiger charge is -2.20. The summed E-state index contributed by atoms with van der Waals surface area (Å²) in [4.78, 5) is 0. The zero-order chi connectivity index (χ0) is 10.5. The average molecular weight is 193 g/mol. The summed E-state index contributed by atoms with van der Waals surface area (Å²) < 4.78 is 0. The predicted octanol–water partition coefficient (Wildman–Crippen LogP) is 3.79. The zero-order valence-electron chi connectivity index (χ0n) is 9.04. The molecule has 0 amide bonds. The quantitative estimate of drug-likeness (QED) is 0.597. The standard InChI is InChI=1S/C15H13/c1-15(2)13-9-5-3-7-11(13)12-8-4-6-10-14(12)15/h3-9H,1-2H3. The largest absolute Gasteiger partial charge is 0.0619 e. The van der Waals surface area contributed by atoms with Crippen LogP contribution in [-0.2, 0) is 5.41 Å². The van der Waals surface area contributed by atoms with Crippen molar-refractivity contribution in [2.75, 3.05) is 0 Å². The minimum absolute atomic E-state index is 0.104. The topological polar surface area (TPSA) is 0 Å². The summed E-state index contributed by atoms with van der Waals surface area (Å²) in [5.74, 6) is 0. The van der Waals surface area contributed by atoms with E-state index >= 15 is 0 Å². The molecule has 15 heavy (non-hydrogen) atoms. The fourth-order valence-corrected chi connectivity index (χ4v) is 2.58. The van der Waals surface area contributed by atoms with E-state index in [1.54, 1.807) is 0 Å². The molecule has 0 spiro atoms. The molecule has 0 saturated heterocycles. The fraction of sp³-hybridized carbons (Fsp3) is 0.200. The summed E-state index contributed by atoms with van der Waals surface area (Å²) in [6, 6.07) is 18.3. The van der Waals surface area contributed by atoms with Gasteiger partial charge in [-0.25, -0.2) is 0 Å². The Labute approximate surface area is 90.6 Å². The fourth-order valence-electron chi connectivity index (χ4n) is 2.58. The van der Waals surface area contributed by atoms with Gasteiger partial charge in [-0.2, -0.15) is 0 Å². The van der Waals surface area contributed by atoms with Crippen LogP contribution in [0.15, 0.2) is 42.5 Å². The lowest BCUT2D eigenvalue weighted by molar-refractivity contribution is 0.659. The SMILES string of the molecule is CC1(C)c2[c]cccc2-c2ccccc21. The molecule has 0 heteroatoms. The van der Waals surface area contributed by atoms with Crippen LogP contribution in [0.5, 0.6) is 0 Å². The molecule has 1 aliphatic carbocycles. The third-order valence-corrected chi connectivity index (χ3v) is 3.37. The van der Waals surface area contributed by atoms with Gasteiger partial charge in [-0.1, -0.05) is 56.3 Å². The summed E-state index contributed by atoms with van der Waals surface area (Å²) in [6.45, 7) is 4.54. The zero-order valence-corrected chi connectivity index (χ0v) is 9.04. The highest BCUT2D eigenvalue weighted by molar-refractivity contribution is 5.80. The second-order valence-corrected chi connectivity index (χ2v) is 4.63. The number of rotatable bonds is 0. The first-order chi connectivity index (χ1) is 7.21. The number of benzene rings is 2. The Morgan fingerprint density at radius 1 is 0.933 bits per heavy atom. The van der Waals surface area contributed by atoms with Crippen LogP contribution >= 0.6 is 0 Å². The van der Waals surface area contributed by atoms with Gasteiger partial charge in [0.15, 0.2) is 0 Å². The van der Waals surface area contributed by atoms with Crippen LogP contribution in [0.1, 0.15) is 25.0 Å². The maximum absolute atomic E-state index is 3.39. The van der Waals surface area contributed by atoms with Gasteiger partial charge in [0.05, 0.1) is 0 Å². The molecule has 0 saturated carbocycles. The molecule has 2 aromatic carbocycles. The van der Waals surface area contributed by atoms with E-state index in [0.29, 0.717) is 0 Å². The third-order valence-electron chi connectivity index (χ3n) is 3.37. The molecule has 0 unspecified atom stereocenters. The lowest BCUT2D eigenvalue weighted by Crippen LogP contribution is -2.14. The van der Waals surface area contributed by atoms with Crippen LogP contribution < -0.4 is 0 Å². The Morgan fingerprint density at radius 2 is 1.67 bits per heavy atom. The smallest absolute Gasteiger partial charge is 0.0165 e. The van der Waals surface area contributed by atoms with Crippen LogP contribution in [-0.4, -0.2) is 0 Å². The van der Waals surface area contributed by atoms with Crippen molar-refractivity contribution >= 4 is 0 Å². The van der Waals surface area contributed by atoms with Gasteiger partial charge in [-0.15, -0.1) is 0 Å². The summed E-state index contributed by atoms with van der Waals surface area (Å²) in [6.07, 6.45) is 0. The van der Waals surface area contributed by atoms with Gasteiger partial charge in [-0.05, 0) is 28.3 Å². The maximum Gasteiger partial charge on any atom is 0.0165 e. The van der Waals surface area contributed by atoms with Crippen molar-refractivity contribution in [2.24, 2.45) is 0 Å². The van der Waals surface area contributed by atoms with Crippen LogP contribution in [0.25, 0.3) is 11.1 Å². The van der Waals surface area contributed by atoms with Crippen molar-refractivity contribution in [3.8, 4) is 11.1 Å². The molecule has 2 aromatic rings. The molecular weight excluding hydrogens is 180 g/mol. The van der Waals surface area contributed by atoms with Gasteiger partial charge in [0.25, 0.3) is 0 Å². The van der Waals surface area contributed by atoms with Crippen molar-refractivity contribution in [3.63, 3.8) is 0 Å². The molecule has 0 N–H and O–H groups in total. The second-order valence-electron chi connectivity index (χ2n) is 4.63. The molecular formula is C15H13. The van der Waals surface area contributed by atoms with E-state index < -0.39 is 0 Å². The molecule has 3 rings (SSSR count). The molecule has 1 radical (unpaired) electrons. The first kappa shape index (κ1) is 8.72. The highest BCUT2D eigenvalue weighted by Crippen LogP contribution is 2.47. The van der Waals surface area contributed by atoms with Crippen molar-refractivity contribution in [1.82, 2.24) is 0 Å². The molecule has 0 fully saturated rings. The average Bonchev–Trinajstić information content (AvgIpc) is 2.51. The molecule has 0 heterocycles. The van der Waals surface area contributed by atoms with E-state index in [1.807, 2.05) is 6.07 Å². The Kier molecular flexibility index (Phi) is 1.59. The van der Waals surface area contributed by atoms with Crippen LogP contribution in [0.4, 0.5) is 0 Å². The first-order valence-corrected chi connectivity index (χ1v) is 5.32. The van der Waals surface area contributed by atoms with E-state index in [-0.39, 0.29) is 5.41 Å². The van der Waals surface area contributed by atoms with E-state index in [4.69, 9.17) is 0 Å². The first-order valence-electron chi connectivity index (χ1n) is 5.32. The molecule has 73 valence electrons. The number of hydrogen-bond donors (Lipinski definition) is 0. The normalized spacial score (nSPS) is 15.9. The van der Waals surface area contributed by atoms with E-state index in [9.17, 15) is 0 Å². The number of fused-ring (bicyclic) bond motifs is 3. The Balaban J connectivity index is 2.42. The van der Waals surface area contributed by atoms with Crippen molar-refractivity contribution < 1.29 is 0 Å². The Hall–Kier alpha value is -1.56. The highest BCUT2D eigenvalue weighted by Gasteiger charge is 2.34. The van der Waals surface area contributed by atoms with E-state index in [1.165, 1.54) is 22.3 Å². The lowest BCUT2D eigenvalue weighted by atomic mass is 9.82. The van der Waals surface area contributed by atoms with Crippen molar-refractivity contribution in [1.29, 1.82) is 0 Å². The highest BCUT2D eigenvalue weighted by atomic mass is 14.4. The molecule has 0 aromatic heterocycles. The minimum atomic E-state index is 0.104. The van der Waals surface area contributed by atoms with Crippen LogP contribution in [0, 0.1) is 6.07 Å². The minimum Gasteiger partial charge on any atom is -0.0619 e.